The van der Waals surface area contributed by atoms with Crippen LogP contribution in [0.1, 0.15) is 59.9 Å². The number of benzene rings is 2. The molecule has 0 saturated heterocycles. The van der Waals surface area contributed by atoms with Crippen molar-refractivity contribution in [3.8, 4) is 17.2 Å². The zero-order valence-electron chi connectivity index (χ0n) is 17.7. The van der Waals surface area contributed by atoms with Crippen LogP contribution >= 0.6 is 11.6 Å². The SMILES string of the molecule is CCCc1c(OCCCOc2ccc(C(=O)O)cc2Cl)ccc(C(C)=O)c1OC(C)=O. The summed E-state index contributed by atoms with van der Waals surface area (Å²) in [5.74, 6) is -0.571. The lowest BCUT2D eigenvalue weighted by atomic mass is 10.0. The minimum Gasteiger partial charge on any atom is -0.493 e. The second-order valence-electron chi connectivity index (χ2n) is 6.82. The predicted octanol–water partition coefficient (Wildman–Crippen LogP) is 4.97. The fourth-order valence-corrected chi connectivity index (χ4v) is 3.18. The topological polar surface area (TPSA) is 99.1 Å². The summed E-state index contributed by atoms with van der Waals surface area (Å²) in [5.41, 5.74) is 1.11. The Hall–Kier alpha value is -3.06. The fourth-order valence-electron chi connectivity index (χ4n) is 2.94. The van der Waals surface area contributed by atoms with E-state index in [0.717, 1.165) is 6.42 Å². The monoisotopic (exact) mass is 448 g/mol. The smallest absolute Gasteiger partial charge is 0.335 e. The van der Waals surface area contributed by atoms with Gasteiger partial charge in [0.2, 0.25) is 0 Å². The highest BCUT2D eigenvalue weighted by molar-refractivity contribution is 6.32. The van der Waals surface area contributed by atoms with Gasteiger partial charge >= 0.3 is 11.9 Å². The minimum atomic E-state index is -1.06. The molecule has 0 unspecified atom stereocenters. The number of aromatic carboxylic acids is 1. The molecule has 0 saturated carbocycles. The summed E-state index contributed by atoms with van der Waals surface area (Å²) < 4.78 is 16.8. The lowest BCUT2D eigenvalue weighted by Crippen LogP contribution is -2.11. The Morgan fingerprint density at radius 2 is 1.65 bits per heavy atom. The van der Waals surface area contributed by atoms with Gasteiger partial charge in [0.05, 0.1) is 29.4 Å². The first kappa shape index (κ1) is 24.2. The standard InChI is InChI=1S/C23H25ClO7/c1-4-6-18-20(10-8-17(14(2)25)22(18)31-15(3)26)29-11-5-12-30-21-9-7-16(23(27)28)13-19(21)24/h7-10,13H,4-6,11-12H2,1-3H3,(H,27,28). The maximum Gasteiger partial charge on any atom is 0.335 e. The van der Waals surface area contributed by atoms with Crippen LogP contribution in [0.2, 0.25) is 5.02 Å². The predicted molar refractivity (Wildman–Crippen MR) is 116 cm³/mol. The number of hydrogen-bond donors (Lipinski definition) is 1. The first-order valence-corrected chi connectivity index (χ1v) is 10.3. The number of carboxylic acids is 1. The molecule has 7 nitrogen and oxygen atoms in total. The number of halogens is 1. The Morgan fingerprint density at radius 3 is 2.19 bits per heavy atom. The van der Waals surface area contributed by atoms with Crippen molar-refractivity contribution < 1.29 is 33.7 Å². The molecule has 0 fully saturated rings. The molecule has 0 bridgehead atoms. The van der Waals surface area contributed by atoms with E-state index in [4.69, 9.17) is 30.9 Å². The van der Waals surface area contributed by atoms with Gasteiger partial charge in [-0.25, -0.2) is 4.79 Å². The largest absolute Gasteiger partial charge is 0.493 e. The molecule has 0 aliphatic heterocycles. The van der Waals surface area contributed by atoms with Crippen molar-refractivity contribution in [3.05, 3.63) is 52.0 Å². The van der Waals surface area contributed by atoms with E-state index in [1.165, 1.54) is 32.0 Å². The van der Waals surface area contributed by atoms with E-state index in [2.05, 4.69) is 0 Å². The number of hydrogen-bond acceptors (Lipinski definition) is 6. The Morgan fingerprint density at radius 1 is 1.00 bits per heavy atom. The highest BCUT2D eigenvalue weighted by atomic mass is 35.5. The average molecular weight is 449 g/mol. The van der Waals surface area contributed by atoms with Gasteiger partial charge in [0, 0.05) is 18.9 Å². The third-order valence-corrected chi connectivity index (χ3v) is 4.62. The van der Waals surface area contributed by atoms with Crippen LogP contribution in [0.25, 0.3) is 0 Å². The first-order chi connectivity index (χ1) is 14.7. The van der Waals surface area contributed by atoms with Gasteiger partial charge in [-0.1, -0.05) is 24.9 Å². The second-order valence-corrected chi connectivity index (χ2v) is 7.23. The molecule has 1 N–H and O–H groups in total. The number of carbonyl (C=O) groups is 3. The number of Topliss-reactive ketones (excluding diaryl/α,β-unsaturated/α-hetero) is 1. The van der Waals surface area contributed by atoms with E-state index in [0.29, 0.717) is 48.7 Å². The van der Waals surface area contributed by atoms with Gasteiger partial charge in [0.15, 0.2) is 5.78 Å². The third-order valence-electron chi connectivity index (χ3n) is 4.33. The van der Waals surface area contributed by atoms with Gasteiger partial charge < -0.3 is 19.3 Å². The molecule has 2 rings (SSSR count). The van der Waals surface area contributed by atoms with Gasteiger partial charge in [0.25, 0.3) is 0 Å². The summed E-state index contributed by atoms with van der Waals surface area (Å²) in [5, 5.41) is 9.19. The molecule has 8 heteroatoms. The fraction of sp³-hybridized carbons (Fsp3) is 0.348. The van der Waals surface area contributed by atoms with E-state index in [9.17, 15) is 14.4 Å². The molecular weight excluding hydrogens is 424 g/mol. The van der Waals surface area contributed by atoms with E-state index in [1.54, 1.807) is 12.1 Å². The summed E-state index contributed by atoms with van der Waals surface area (Å²) in [6.07, 6.45) is 1.89. The lowest BCUT2D eigenvalue weighted by molar-refractivity contribution is -0.131. The van der Waals surface area contributed by atoms with Crippen molar-refractivity contribution in [2.45, 2.75) is 40.0 Å². The second kappa shape index (κ2) is 11.4. The summed E-state index contributed by atoms with van der Waals surface area (Å²) in [6.45, 7) is 5.32. The molecule has 0 aromatic heterocycles. The molecule has 0 atom stereocenters. The van der Waals surface area contributed by atoms with E-state index in [-0.39, 0.29) is 22.1 Å². The Kier molecular flexibility index (Phi) is 8.88. The van der Waals surface area contributed by atoms with Crippen molar-refractivity contribution in [1.82, 2.24) is 0 Å². The summed E-state index contributed by atoms with van der Waals surface area (Å²) in [7, 11) is 0. The van der Waals surface area contributed by atoms with Crippen molar-refractivity contribution in [1.29, 1.82) is 0 Å². The Bertz CT molecular complexity index is 969. The average Bonchev–Trinajstić information content (AvgIpc) is 2.70. The maximum absolute atomic E-state index is 11.9. The molecule has 0 radical (unpaired) electrons. The molecule has 166 valence electrons. The van der Waals surface area contributed by atoms with Crippen LogP contribution in [0.4, 0.5) is 0 Å². The molecule has 0 heterocycles. The molecule has 2 aromatic carbocycles. The van der Waals surface area contributed by atoms with E-state index in [1.807, 2.05) is 6.92 Å². The summed E-state index contributed by atoms with van der Waals surface area (Å²) in [6, 6.07) is 7.56. The molecular formula is C23H25ClO7. The van der Waals surface area contributed by atoms with Crippen molar-refractivity contribution in [2.24, 2.45) is 0 Å². The van der Waals surface area contributed by atoms with Gasteiger partial charge in [-0.2, -0.15) is 0 Å². The van der Waals surface area contributed by atoms with Crippen LogP contribution in [-0.2, 0) is 11.2 Å². The van der Waals surface area contributed by atoms with Gasteiger partial charge in [0.1, 0.15) is 17.2 Å². The maximum atomic E-state index is 11.9. The highest BCUT2D eigenvalue weighted by Gasteiger charge is 2.19. The van der Waals surface area contributed by atoms with E-state index < -0.39 is 11.9 Å². The number of carboxylic acid groups (broad SMARTS) is 1. The van der Waals surface area contributed by atoms with Crippen LogP contribution in [0.15, 0.2) is 30.3 Å². The van der Waals surface area contributed by atoms with Crippen LogP contribution in [0, 0.1) is 0 Å². The Labute approximate surface area is 185 Å². The first-order valence-electron chi connectivity index (χ1n) is 9.88. The minimum absolute atomic E-state index is 0.0849. The van der Waals surface area contributed by atoms with Crippen LogP contribution in [-0.4, -0.2) is 36.0 Å². The van der Waals surface area contributed by atoms with Gasteiger partial charge in [-0.05, 0) is 43.7 Å². The molecule has 0 spiro atoms. The number of ether oxygens (including phenoxy) is 3. The molecule has 2 aromatic rings. The zero-order valence-corrected chi connectivity index (χ0v) is 18.5. The van der Waals surface area contributed by atoms with Gasteiger partial charge in [-0.15, -0.1) is 0 Å². The number of ketones is 1. The molecule has 31 heavy (non-hydrogen) atoms. The molecule has 0 amide bonds. The van der Waals surface area contributed by atoms with Crippen molar-refractivity contribution >= 4 is 29.3 Å². The lowest BCUT2D eigenvalue weighted by Gasteiger charge is -2.17. The van der Waals surface area contributed by atoms with Crippen LogP contribution < -0.4 is 14.2 Å². The summed E-state index contributed by atoms with van der Waals surface area (Å²) >= 11 is 6.05. The third kappa shape index (κ3) is 6.72. The molecule has 0 aliphatic carbocycles. The van der Waals surface area contributed by atoms with Gasteiger partial charge in [-0.3, -0.25) is 9.59 Å². The highest BCUT2D eigenvalue weighted by Crippen LogP contribution is 2.34. The normalized spacial score (nSPS) is 10.5. The molecule has 0 aliphatic rings. The number of esters is 1. The van der Waals surface area contributed by atoms with Crippen molar-refractivity contribution in [2.75, 3.05) is 13.2 Å². The number of carbonyl (C=O) groups excluding carboxylic acids is 2. The van der Waals surface area contributed by atoms with Crippen molar-refractivity contribution in [3.63, 3.8) is 0 Å². The van der Waals surface area contributed by atoms with E-state index >= 15 is 0 Å². The number of rotatable bonds is 11. The summed E-state index contributed by atoms with van der Waals surface area (Å²) in [4.78, 5) is 34.4. The van der Waals surface area contributed by atoms with Crippen LogP contribution in [0.5, 0.6) is 17.2 Å². The quantitative estimate of drug-likeness (QED) is 0.224. The zero-order chi connectivity index (χ0) is 23.0. The van der Waals surface area contributed by atoms with Crippen LogP contribution in [0.3, 0.4) is 0 Å². The Balaban J connectivity index is 2.04.